The number of allylic oxidation sites excluding steroid dienone is 1. The van der Waals surface area contributed by atoms with Crippen molar-refractivity contribution >= 4 is 19.5 Å². The van der Waals surface area contributed by atoms with Crippen molar-refractivity contribution < 1.29 is 27.9 Å². The number of hydrogen-bond acceptors (Lipinski definition) is 5. The quantitative estimate of drug-likeness (QED) is 0.506. The first-order chi connectivity index (χ1) is 12.9. The number of halogens is 1. The maximum Gasteiger partial charge on any atom is 0.374 e. The van der Waals surface area contributed by atoms with Gasteiger partial charge in [0.25, 0.3) is 5.41 Å². The molecule has 7 heteroatoms. The number of hydrogen-bond donors (Lipinski definition) is 1. The number of alkyl halides is 1. The minimum Gasteiger partial charge on any atom is -0.507 e. The van der Waals surface area contributed by atoms with Crippen molar-refractivity contribution in [2.45, 2.75) is 64.2 Å². The van der Waals surface area contributed by atoms with Gasteiger partial charge in [0.05, 0.1) is 0 Å². The van der Waals surface area contributed by atoms with Crippen molar-refractivity contribution in [1.82, 2.24) is 0 Å². The molecule has 28 heavy (non-hydrogen) atoms. The van der Waals surface area contributed by atoms with Gasteiger partial charge >= 0.3 is 7.60 Å². The molecule has 5 nitrogen and oxygen atoms in total. The van der Waals surface area contributed by atoms with Crippen LogP contribution in [0.2, 0.25) is 0 Å². The zero-order valence-electron chi connectivity index (χ0n) is 17.5. The molecule has 1 aromatic carbocycles. The lowest BCUT2D eigenvalue weighted by molar-refractivity contribution is -0.121. The van der Waals surface area contributed by atoms with Gasteiger partial charge in [0.15, 0.2) is 0 Å². The second-order valence-corrected chi connectivity index (χ2v) is 10.9. The highest BCUT2D eigenvalue weighted by Crippen LogP contribution is 2.60. The van der Waals surface area contributed by atoms with E-state index in [0.29, 0.717) is 5.75 Å². The van der Waals surface area contributed by atoms with E-state index in [1.54, 1.807) is 0 Å². The molecule has 2 rings (SSSR count). The van der Waals surface area contributed by atoms with Crippen LogP contribution in [0.5, 0.6) is 5.75 Å². The molecule has 0 aromatic heterocycles. The van der Waals surface area contributed by atoms with Crippen molar-refractivity contribution in [3.63, 3.8) is 0 Å². The average molecular weight is 412 g/mol. The highest BCUT2D eigenvalue weighted by molar-refractivity contribution is 7.56. The predicted molar refractivity (Wildman–Crippen MR) is 109 cm³/mol. The summed E-state index contributed by atoms with van der Waals surface area (Å²) in [6.45, 7) is 6.91. The van der Waals surface area contributed by atoms with Gasteiger partial charge in [-0.1, -0.05) is 26.8 Å². The molecule has 0 saturated carbocycles. The summed E-state index contributed by atoms with van der Waals surface area (Å²) in [5.41, 5.74) is 3.13. The molecule has 0 bridgehead atoms. The summed E-state index contributed by atoms with van der Waals surface area (Å²) in [7, 11) is -2.14. The zero-order valence-corrected chi connectivity index (χ0v) is 18.4. The molecule has 156 valence electrons. The average Bonchev–Trinajstić information content (AvgIpc) is 2.65. The third kappa shape index (κ3) is 4.10. The Bertz CT molecular complexity index is 828. The lowest BCUT2D eigenvalue weighted by Gasteiger charge is -2.27. The Morgan fingerprint density at radius 2 is 1.68 bits per heavy atom. The van der Waals surface area contributed by atoms with Crippen molar-refractivity contribution in [3.8, 4) is 5.75 Å². The van der Waals surface area contributed by atoms with E-state index in [2.05, 4.69) is 9.05 Å². The van der Waals surface area contributed by atoms with Gasteiger partial charge in [-0.3, -0.25) is 9.36 Å². The van der Waals surface area contributed by atoms with Crippen molar-refractivity contribution in [3.05, 3.63) is 34.4 Å². The largest absolute Gasteiger partial charge is 0.507 e. The second kappa shape index (κ2) is 8.10. The van der Waals surface area contributed by atoms with Crippen molar-refractivity contribution in [2.24, 2.45) is 0 Å². The van der Waals surface area contributed by atoms with Gasteiger partial charge in [0.2, 0.25) is 5.78 Å². The highest BCUT2D eigenvalue weighted by atomic mass is 31.2. The Hall–Kier alpha value is -1.49. The van der Waals surface area contributed by atoms with Gasteiger partial charge in [-0.2, -0.15) is 0 Å². The number of rotatable bonds is 6. The van der Waals surface area contributed by atoms with Gasteiger partial charge in [-0.05, 0) is 66.9 Å². The molecular formula is C21H30FO5P. The highest BCUT2D eigenvalue weighted by Gasteiger charge is 2.52. The normalized spacial score (nSPS) is 17.4. The van der Waals surface area contributed by atoms with E-state index < -0.39 is 18.8 Å². The van der Waals surface area contributed by atoms with Crippen molar-refractivity contribution in [2.75, 3.05) is 14.2 Å². The molecular weight excluding hydrogens is 382 g/mol. The molecule has 0 amide bonds. The molecule has 1 aliphatic rings. The fraction of sp³-hybridized carbons (Fsp3) is 0.571. The Morgan fingerprint density at radius 3 is 2.18 bits per heavy atom. The van der Waals surface area contributed by atoms with Crippen LogP contribution in [0.1, 0.15) is 62.8 Å². The lowest BCUT2D eigenvalue weighted by Crippen LogP contribution is -2.30. The van der Waals surface area contributed by atoms with Gasteiger partial charge in [0, 0.05) is 19.8 Å². The van der Waals surface area contributed by atoms with Crippen LogP contribution in [0.4, 0.5) is 4.39 Å². The number of carbonyl (C=O) groups is 1. The fourth-order valence-corrected chi connectivity index (χ4v) is 4.73. The maximum absolute atomic E-state index is 15.0. The molecule has 1 aliphatic carbocycles. The first-order valence-corrected chi connectivity index (χ1v) is 10.9. The molecule has 0 heterocycles. The van der Waals surface area contributed by atoms with Crippen LogP contribution in [0.15, 0.2) is 12.1 Å². The van der Waals surface area contributed by atoms with E-state index in [-0.39, 0.29) is 5.41 Å². The molecule has 0 aliphatic heterocycles. The summed E-state index contributed by atoms with van der Waals surface area (Å²) in [4.78, 5) is 12.5. The van der Waals surface area contributed by atoms with E-state index >= 15 is 0 Å². The lowest BCUT2D eigenvalue weighted by atomic mass is 9.79. The third-order valence-corrected chi connectivity index (χ3v) is 7.53. The molecule has 1 N–H and O–H groups in total. The summed E-state index contributed by atoms with van der Waals surface area (Å²) < 4.78 is 36.7. The molecule has 0 spiro atoms. The van der Waals surface area contributed by atoms with Gasteiger partial charge < -0.3 is 14.2 Å². The number of carbonyl (C=O) groups excluding carboxylic acids is 1. The Balaban J connectivity index is 2.51. The van der Waals surface area contributed by atoms with E-state index in [9.17, 15) is 18.9 Å². The van der Waals surface area contributed by atoms with Crippen LogP contribution in [-0.2, 0) is 36.7 Å². The number of phenolic OH excluding ortho intramolecular Hbond substituents is 1. The van der Waals surface area contributed by atoms with E-state index in [1.165, 1.54) is 6.08 Å². The second-order valence-electron chi connectivity index (χ2n) is 8.29. The van der Waals surface area contributed by atoms with Crippen LogP contribution >= 0.6 is 7.60 Å². The molecule has 1 aromatic rings. The summed E-state index contributed by atoms with van der Waals surface area (Å²) in [6.07, 6.45) is 6.14. The molecule has 0 radical (unpaired) electrons. The summed E-state index contributed by atoms with van der Waals surface area (Å²) in [5.74, 6) is -0.682. The van der Waals surface area contributed by atoms with E-state index in [1.807, 2.05) is 26.8 Å². The Labute approximate surface area is 166 Å². The Kier molecular flexibility index (Phi) is 6.59. The Morgan fingerprint density at radius 1 is 1.14 bits per heavy atom. The van der Waals surface area contributed by atoms with E-state index in [0.717, 1.165) is 75.2 Å². The first-order valence-electron chi connectivity index (χ1n) is 9.40. The fourth-order valence-electron chi connectivity index (χ4n) is 3.55. The van der Waals surface area contributed by atoms with Crippen LogP contribution < -0.4 is 0 Å². The number of ketones is 1. The predicted octanol–water partition coefficient (Wildman–Crippen LogP) is 5.32. The monoisotopic (exact) mass is 412 g/mol. The number of benzene rings is 1. The van der Waals surface area contributed by atoms with Crippen LogP contribution in [-0.4, -0.2) is 30.5 Å². The zero-order chi connectivity index (χ0) is 21.3. The standard InChI is InChI=1S/C21H30FO5P/c1-20(2,3)17-13-14(15-9-7-8-10-16(15)19(17)24)11-12-18(23)21(4,22)28(25,26-5)27-6/h11-13,24H,7-10H2,1-6H3. The van der Waals surface area contributed by atoms with Crippen molar-refractivity contribution in [1.29, 1.82) is 0 Å². The topological polar surface area (TPSA) is 72.8 Å². The maximum atomic E-state index is 15.0. The number of aromatic hydroxyl groups is 1. The summed E-state index contributed by atoms with van der Waals surface area (Å²) >= 11 is 0. The van der Waals surface area contributed by atoms with Gasteiger partial charge in [0.1, 0.15) is 5.75 Å². The molecule has 1 unspecified atom stereocenters. The minimum absolute atomic E-state index is 0.292. The van der Waals surface area contributed by atoms with Gasteiger partial charge in [-0.15, -0.1) is 0 Å². The van der Waals surface area contributed by atoms with Crippen LogP contribution in [0, 0.1) is 0 Å². The molecule has 0 fully saturated rings. The first kappa shape index (κ1) is 22.8. The number of fused-ring (bicyclic) bond motifs is 1. The molecule has 0 saturated heterocycles. The SMILES string of the molecule is COP(=O)(OC)C(C)(F)C(=O)C=Cc1cc(C(C)(C)C)c(O)c2c1CCCC2. The summed E-state index contributed by atoms with van der Waals surface area (Å²) in [6, 6.07) is 1.85. The molecule has 1 atom stereocenters. The summed E-state index contributed by atoms with van der Waals surface area (Å²) in [5, 5.41) is 7.96. The van der Waals surface area contributed by atoms with Gasteiger partial charge in [-0.25, -0.2) is 4.39 Å². The number of phenols is 1. The van der Waals surface area contributed by atoms with E-state index in [4.69, 9.17) is 0 Å². The smallest absolute Gasteiger partial charge is 0.374 e. The van der Waals surface area contributed by atoms with Crippen LogP contribution in [0.25, 0.3) is 6.08 Å². The van der Waals surface area contributed by atoms with Crippen LogP contribution in [0.3, 0.4) is 0 Å². The minimum atomic E-state index is -4.24. The third-order valence-electron chi connectivity index (χ3n) is 5.32.